The topological polar surface area (TPSA) is 17.3 Å². The lowest BCUT2D eigenvalue weighted by Crippen LogP contribution is -2.16. The maximum atomic E-state index is 4.70. The second-order valence-electron chi connectivity index (χ2n) is 9.47. The van der Waals surface area contributed by atoms with E-state index in [1.807, 2.05) is 17.7 Å². The molecule has 0 spiro atoms. The highest BCUT2D eigenvalue weighted by Gasteiger charge is 2.15. The molecule has 0 radical (unpaired) electrons. The van der Waals surface area contributed by atoms with Crippen LogP contribution in [0.3, 0.4) is 0 Å². The van der Waals surface area contributed by atoms with E-state index >= 15 is 0 Å². The third kappa shape index (κ3) is 5.87. The maximum absolute atomic E-state index is 4.70. The monoisotopic (exact) mass is 528 g/mol. The molecule has 0 amide bonds. The van der Waals surface area contributed by atoms with Crippen LogP contribution in [0.25, 0.3) is 39.5 Å². The predicted molar refractivity (Wildman–Crippen MR) is 174 cm³/mol. The van der Waals surface area contributed by atoms with Crippen LogP contribution in [0.2, 0.25) is 0 Å². The minimum atomic E-state index is 0.727. The summed E-state index contributed by atoms with van der Waals surface area (Å²) in [7, 11) is 2.73. The molecule has 4 aromatic rings. The van der Waals surface area contributed by atoms with Crippen molar-refractivity contribution in [3.63, 3.8) is 0 Å². The molecular formula is C36H37N2P. The van der Waals surface area contributed by atoms with E-state index in [2.05, 4.69) is 113 Å². The number of nitrogens with zero attached hydrogens (tertiary/aromatic N) is 2. The van der Waals surface area contributed by atoms with Gasteiger partial charge >= 0.3 is 0 Å². The fraction of sp³-hybridized carbons (Fsp3) is 0.139. The molecule has 1 heterocycles. The summed E-state index contributed by atoms with van der Waals surface area (Å²) < 4.78 is 2.02. The van der Waals surface area contributed by atoms with Gasteiger partial charge in [0.15, 0.2) is 0 Å². The number of rotatable bonds is 9. The van der Waals surface area contributed by atoms with E-state index in [1.165, 1.54) is 49.8 Å². The van der Waals surface area contributed by atoms with Gasteiger partial charge in [-0.25, -0.2) is 4.99 Å². The molecule has 0 fully saturated rings. The van der Waals surface area contributed by atoms with E-state index in [1.54, 1.807) is 18.4 Å². The van der Waals surface area contributed by atoms with Gasteiger partial charge < -0.3 is 4.57 Å². The Hall–Kier alpha value is -4.00. The smallest absolute Gasteiger partial charge is 0.132 e. The van der Waals surface area contributed by atoms with Crippen molar-refractivity contribution in [2.75, 3.05) is 6.66 Å². The lowest BCUT2D eigenvalue weighted by molar-refractivity contribution is 0.834. The predicted octanol–water partition coefficient (Wildman–Crippen LogP) is 8.63. The van der Waals surface area contributed by atoms with Gasteiger partial charge in [0.2, 0.25) is 0 Å². The average molecular weight is 529 g/mol. The normalized spacial score (nSPS) is 11.5. The van der Waals surface area contributed by atoms with Gasteiger partial charge in [0.25, 0.3) is 0 Å². The van der Waals surface area contributed by atoms with E-state index in [4.69, 9.17) is 4.99 Å². The largest absolute Gasteiger partial charge is 0.336 e. The Kier molecular flexibility index (Phi) is 9.12. The van der Waals surface area contributed by atoms with E-state index in [9.17, 15) is 0 Å². The number of aromatic nitrogens is 1. The molecule has 0 saturated carbocycles. The van der Waals surface area contributed by atoms with Crippen LogP contribution in [-0.2, 0) is 13.5 Å². The first-order chi connectivity index (χ1) is 18.9. The van der Waals surface area contributed by atoms with Crippen LogP contribution < -0.4 is 10.8 Å². The number of benzene rings is 3. The van der Waals surface area contributed by atoms with Crippen molar-refractivity contribution in [1.82, 2.24) is 4.57 Å². The van der Waals surface area contributed by atoms with E-state index in [0.717, 1.165) is 31.6 Å². The summed E-state index contributed by atoms with van der Waals surface area (Å²) in [5.41, 5.74) is 13.1. The average Bonchev–Trinajstić information content (AvgIpc) is 2.98. The second kappa shape index (κ2) is 12.7. The van der Waals surface area contributed by atoms with E-state index in [0.29, 0.717) is 0 Å². The van der Waals surface area contributed by atoms with Gasteiger partial charge in [0, 0.05) is 19.4 Å². The highest BCUT2D eigenvalue weighted by Crippen LogP contribution is 2.37. The van der Waals surface area contributed by atoms with Crippen molar-refractivity contribution in [1.29, 1.82) is 0 Å². The molecule has 39 heavy (non-hydrogen) atoms. The van der Waals surface area contributed by atoms with Crippen molar-refractivity contribution in [2.24, 2.45) is 12.0 Å². The number of pyridine rings is 1. The SMILES string of the molecule is C=CC(C=C)=C/N=c1/cc(-c2cccc(-c3cccc(-c4ccc(C=C)c(PC)c4)c3CC)c2C)ccn1C. The number of aryl methyl sites for hydroxylation is 1. The van der Waals surface area contributed by atoms with Crippen molar-refractivity contribution < 1.29 is 0 Å². The van der Waals surface area contributed by atoms with E-state index < -0.39 is 0 Å². The lowest BCUT2D eigenvalue weighted by Gasteiger charge is -2.18. The molecule has 1 atom stereocenters. The van der Waals surface area contributed by atoms with Crippen molar-refractivity contribution in [3.8, 4) is 33.4 Å². The Morgan fingerprint density at radius 2 is 1.54 bits per heavy atom. The molecule has 0 aliphatic rings. The van der Waals surface area contributed by atoms with Crippen LogP contribution in [-0.4, -0.2) is 11.2 Å². The number of allylic oxidation sites excluding steroid dienone is 3. The third-order valence-corrected chi connectivity index (χ3v) is 8.23. The highest BCUT2D eigenvalue weighted by molar-refractivity contribution is 7.46. The van der Waals surface area contributed by atoms with Gasteiger partial charge in [-0.05, 0) is 99.2 Å². The summed E-state index contributed by atoms with van der Waals surface area (Å²) in [6.07, 6.45) is 10.3. The van der Waals surface area contributed by atoms with Crippen LogP contribution in [0, 0.1) is 6.92 Å². The van der Waals surface area contributed by atoms with Crippen molar-refractivity contribution >= 4 is 20.0 Å². The molecule has 196 valence electrons. The number of hydrogen-bond acceptors (Lipinski definition) is 1. The lowest BCUT2D eigenvalue weighted by atomic mass is 9.86. The van der Waals surface area contributed by atoms with Gasteiger partial charge in [-0.1, -0.05) is 102 Å². The standard InChI is InChI=1S/C36H37N2P/c1-8-26(9-2)24-37-36-23-29(20-21-38(36)6)31-14-12-15-32(25(31)5)34-17-13-16-33(30(34)11-4)28-19-18-27(10-3)35(22-28)39-7/h8-10,12-24,39H,1-3,11H2,4-7H3/b37-36-. The van der Waals surface area contributed by atoms with Crippen LogP contribution in [0.5, 0.6) is 0 Å². The van der Waals surface area contributed by atoms with Crippen molar-refractivity contribution in [2.45, 2.75) is 20.3 Å². The molecule has 0 aliphatic carbocycles. The van der Waals surface area contributed by atoms with Crippen LogP contribution in [0.4, 0.5) is 0 Å². The zero-order chi connectivity index (χ0) is 27.9. The Balaban J connectivity index is 1.86. The highest BCUT2D eigenvalue weighted by atomic mass is 31.1. The zero-order valence-corrected chi connectivity index (χ0v) is 24.5. The molecule has 0 saturated heterocycles. The Labute approximate surface area is 235 Å². The molecular weight excluding hydrogens is 491 g/mol. The van der Waals surface area contributed by atoms with Crippen LogP contribution >= 0.6 is 8.58 Å². The summed E-state index contributed by atoms with van der Waals surface area (Å²) in [5, 5.41) is 1.36. The first-order valence-corrected chi connectivity index (χ1v) is 14.8. The molecule has 1 aromatic heterocycles. The molecule has 4 rings (SSSR count). The molecule has 3 heteroatoms. The Morgan fingerprint density at radius 3 is 2.21 bits per heavy atom. The fourth-order valence-corrected chi connectivity index (χ4v) is 5.81. The van der Waals surface area contributed by atoms with Gasteiger partial charge in [0.05, 0.1) is 0 Å². The minimum absolute atomic E-state index is 0.727. The van der Waals surface area contributed by atoms with Crippen molar-refractivity contribution in [3.05, 3.63) is 139 Å². The van der Waals surface area contributed by atoms with E-state index in [-0.39, 0.29) is 0 Å². The second-order valence-corrected chi connectivity index (χ2v) is 10.5. The summed E-state index contributed by atoms with van der Waals surface area (Å²) in [4.78, 5) is 4.70. The summed E-state index contributed by atoms with van der Waals surface area (Å²) in [6, 6.07) is 24.4. The molecule has 0 N–H and O–H groups in total. The van der Waals surface area contributed by atoms with Crippen LogP contribution in [0.15, 0.2) is 122 Å². The Morgan fingerprint density at radius 1 is 0.872 bits per heavy atom. The maximum Gasteiger partial charge on any atom is 0.132 e. The first-order valence-electron chi connectivity index (χ1n) is 13.3. The molecule has 2 nitrogen and oxygen atoms in total. The fourth-order valence-electron chi connectivity index (χ4n) is 5.03. The first kappa shape index (κ1) is 28.0. The van der Waals surface area contributed by atoms with Gasteiger partial charge in [-0.2, -0.15) is 0 Å². The molecule has 0 aliphatic heterocycles. The van der Waals surface area contributed by atoms with Gasteiger partial charge in [-0.15, -0.1) is 0 Å². The third-order valence-electron chi connectivity index (χ3n) is 7.26. The molecule has 1 unspecified atom stereocenters. The summed E-state index contributed by atoms with van der Waals surface area (Å²) in [6.45, 7) is 18.4. The molecule has 3 aromatic carbocycles. The summed E-state index contributed by atoms with van der Waals surface area (Å²) in [5.74, 6) is 0. The van der Waals surface area contributed by atoms with Crippen LogP contribution in [0.1, 0.15) is 23.6 Å². The Bertz CT molecular complexity index is 1640. The quantitative estimate of drug-likeness (QED) is 0.153. The molecule has 0 bridgehead atoms. The van der Waals surface area contributed by atoms with Gasteiger partial charge in [-0.3, -0.25) is 0 Å². The number of hydrogen-bond donors (Lipinski definition) is 0. The zero-order valence-electron chi connectivity index (χ0n) is 23.5. The summed E-state index contributed by atoms with van der Waals surface area (Å²) >= 11 is 0. The van der Waals surface area contributed by atoms with Gasteiger partial charge in [0.1, 0.15) is 5.49 Å². The minimum Gasteiger partial charge on any atom is -0.336 e.